The number of halogens is 1. The fraction of sp³-hybridized carbons (Fsp3) is 0.333. The molecule has 0 aliphatic rings. The van der Waals surface area contributed by atoms with E-state index in [-0.39, 0.29) is 0 Å². The van der Waals surface area contributed by atoms with Crippen molar-refractivity contribution in [3.63, 3.8) is 0 Å². The van der Waals surface area contributed by atoms with Crippen molar-refractivity contribution in [1.82, 2.24) is 20.2 Å². The molecule has 1 aromatic heterocycles. The van der Waals surface area contributed by atoms with Gasteiger partial charge in [0.25, 0.3) is 0 Å². The molecule has 8 heteroatoms. The van der Waals surface area contributed by atoms with E-state index in [9.17, 15) is 4.79 Å². The van der Waals surface area contributed by atoms with Gasteiger partial charge in [-0.3, -0.25) is 0 Å². The van der Waals surface area contributed by atoms with Crippen LogP contribution in [-0.4, -0.2) is 31.3 Å². The molecular formula is C12H13ClN4O3. The highest BCUT2D eigenvalue weighted by Crippen LogP contribution is 2.23. The highest BCUT2D eigenvalue weighted by Gasteiger charge is 2.23. The van der Waals surface area contributed by atoms with Gasteiger partial charge in [-0.05, 0) is 42.5 Å². The number of benzene rings is 1. The number of nitrogens with zero attached hydrogens (tertiary/aromatic N) is 4. The maximum atomic E-state index is 11.0. The Balaban J connectivity index is 2.20. The molecule has 0 aliphatic heterocycles. The summed E-state index contributed by atoms with van der Waals surface area (Å²) in [4.78, 5) is 11.0. The number of aromatic nitrogens is 4. The second kappa shape index (κ2) is 5.87. The first-order chi connectivity index (χ1) is 9.49. The molecule has 20 heavy (non-hydrogen) atoms. The molecule has 0 saturated heterocycles. The molecule has 1 N–H and O–H groups in total. The van der Waals surface area contributed by atoms with Gasteiger partial charge in [0.15, 0.2) is 18.0 Å². The second-order valence-electron chi connectivity index (χ2n) is 4.21. The van der Waals surface area contributed by atoms with Crippen LogP contribution >= 0.6 is 11.6 Å². The first kappa shape index (κ1) is 14.3. The number of carboxylic acid groups (broad SMARTS) is 1. The second-order valence-corrected chi connectivity index (χ2v) is 4.65. The number of carboxylic acids is 1. The molecule has 0 saturated carbocycles. The van der Waals surface area contributed by atoms with Crippen LogP contribution in [0.25, 0.3) is 0 Å². The third-order valence-electron chi connectivity index (χ3n) is 2.72. The Labute approximate surface area is 120 Å². The van der Waals surface area contributed by atoms with Crippen LogP contribution < -0.4 is 4.74 Å². The van der Waals surface area contributed by atoms with Crippen molar-refractivity contribution >= 4 is 17.6 Å². The SMILES string of the molecule is CC(Oc1cccc(Cl)c1)c1nnnn1C(C)C(=O)O. The van der Waals surface area contributed by atoms with Gasteiger partial charge >= 0.3 is 5.97 Å². The van der Waals surface area contributed by atoms with Crippen LogP contribution in [0.4, 0.5) is 0 Å². The van der Waals surface area contributed by atoms with Crippen molar-refractivity contribution in [3.05, 3.63) is 35.1 Å². The van der Waals surface area contributed by atoms with Crippen molar-refractivity contribution in [2.24, 2.45) is 0 Å². The van der Waals surface area contributed by atoms with Gasteiger partial charge in [-0.15, -0.1) is 5.10 Å². The van der Waals surface area contributed by atoms with Crippen LogP contribution in [0.2, 0.25) is 5.02 Å². The molecule has 0 radical (unpaired) electrons. The summed E-state index contributed by atoms with van der Waals surface area (Å²) >= 11 is 5.87. The average molecular weight is 297 g/mol. The largest absolute Gasteiger partial charge is 0.483 e. The van der Waals surface area contributed by atoms with E-state index in [1.807, 2.05) is 0 Å². The highest BCUT2D eigenvalue weighted by atomic mass is 35.5. The lowest BCUT2D eigenvalue weighted by atomic mass is 10.3. The predicted octanol–water partition coefficient (Wildman–Crippen LogP) is 2.11. The van der Waals surface area contributed by atoms with Gasteiger partial charge in [0, 0.05) is 5.02 Å². The van der Waals surface area contributed by atoms with E-state index in [4.69, 9.17) is 21.4 Å². The summed E-state index contributed by atoms with van der Waals surface area (Å²) in [7, 11) is 0. The van der Waals surface area contributed by atoms with E-state index in [1.54, 1.807) is 31.2 Å². The van der Waals surface area contributed by atoms with E-state index >= 15 is 0 Å². The van der Waals surface area contributed by atoms with Crippen molar-refractivity contribution in [3.8, 4) is 5.75 Å². The summed E-state index contributed by atoms with van der Waals surface area (Å²) in [5.74, 6) is -0.129. The molecule has 2 unspecified atom stereocenters. The molecule has 0 spiro atoms. The lowest BCUT2D eigenvalue weighted by Crippen LogP contribution is -2.21. The molecule has 2 atom stereocenters. The first-order valence-corrected chi connectivity index (χ1v) is 6.29. The lowest BCUT2D eigenvalue weighted by molar-refractivity contribution is -0.140. The average Bonchev–Trinajstić information content (AvgIpc) is 2.86. The van der Waals surface area contributed by atoms with E-state index < -0.39 is 18.1 Å². The Kier molecular flexibility index (Phi) is 4.19. The summed E-state index contributed by atoms with van der Waals surface area (Å²) in [6.45, 7) is 3.23. The van der Waals surface area contributed by atoms with Gasteiger partial charge in [-0.2, -0.15) is 0 Å². The molecule has 1 aromatic carbocycles. The Morgan fingerprint density at radius 2 is 2.20 bits per heavy atom. The number of aliphatic carboxylic acids is 1. The minimum Gasteiger partial charge on any atom is -0.483 e. The van der Waals surface area contributed by atoms with Crippen LogP contribution in [0.5, 0.6) is 5.75 Å². The van der Waals surface area contributed by atoms with Gasteiger partial charge in [-0.25, -0.2) is 9.48 Å². The standard InChI is InChI=1S/C12H13ClN4O3/c1-7(12(18)19)17-11(14-15-16-17)8(2)20-10-5-3-4-9(13)6-10/h3-8H,1-2H3,(H,18,19). The Morgan fingerprint density at radius 1 is 1.45 bits per heavy atom. The van der Waals surface area contributed by atoms with Gasteiger partial charge in [0.2, 0.25) is 0 Å². The number of hydrogen-bond donors (Lipinski definition) is 1. The van der Waals surface area contributed by atoms with Crippen LogP contribution in [0.1, 0.15) is 31.8 Å². The third kappa shape index (κ3) is 3.05. The molecular weight excluding hydrogens is 284 g/mol. The zero-order valence-electron chi connectivity index (χ0n) is 10.9. The quantitative estimate of drug-likeness (QED) is 0.909. The Hall–Kier alpha value is -2.15. The predicted molar refractivity (Wildman–Crippen MR) is 70.7 cm³/mol. The normalized spacial score (nSPS) is 13.8. The maximum Gasteiger partial charge on any atom is 0.328 e. The topological polar surface area (TPSA) is 90.1 Å². The van der Waals surface area contributed by atoms with Crippen molar-refractivity contribution in [2.75, 3.05) is 0 Å². The molecule has 0 bridgehead atoms. The fourth-order valence-corrected chi connectivity index (χ4v) is 1.83. The van der Waals surface area contributed by atoms with Crippen LogP contribution in [-0.2, 0) is 4.79 Å². The smallest absolute Gasteiger partial charge is 0.328 e. The number of carbonyl (C=O) groups is 1. The number of tetrazole rings is 1. The molecule has 0 fully saturated rings. The lowest BCUT2D eigenvalue weighted by Gasteiger charge is -2.16. The Morgan fingerprint density at radius 3 is 2.85 bits per heavy atom. The summed E-state index contributed by atoms with van der Waals surface area (Å²) in [5, 5.41) is 20.6. The summed E-state index contributed by atoms with van der Waals surface area (Å²) in [5.41, 5.74) is 0. The van der Waals surface area contributed by atoms with Gasteiger partial charge in [0.05, 0.1) is 0 Å². The number of ether oxygens (including phenoxy) is 1. The van der Waals surface area contributed by atoms with Crippen LogP contribution in [0.3, 0.4) is 0 Å². The summed E-state index contributed by atoms with van der Waals surface area (Å²) in [6.07, 6.45) is -0.509. The molecule has 1 heterocycles. The number of rotatable bonds is 5. The van der Waals surface area contributed by atoms with Gasteiger partial charge in [0.1, 0.15) is 5.75 Å². The van der Waals surface area contributed by atoms with Crippen molar-refractivity contribution < 1.29 is 14.6 Å². The molecule has 0 aliphatic carbocycles. The van der Waals surface area contributed by atoms with E-state index in [0.29, 0.717) is 16.6 Å². The summed E-state index contributed by atoms with van der Waals surface area (Å²) < 4.78 is 6.89. The van der Waals surface area contributed by atoms with Crippen LogP contribution in [0, 0.1) is 0 Å². The monoisotopic (exact) mass is 296 g/mol. The minimum absolute atomic E-state index is 0.333. The fourth-order valence-electron chi connectivity index (χ4n) is 1.65. The molecule has 2 aromatic rings. The molecule has 106 valence electrons. The minimum atomic E-state index is -1.02. The van der Waals surface area contributed by atoms with Crippen LogP contribution in [0.15, 0.2) is 24.3 Å². The van der Waals surface area contributed by atoms with E-state index in [2.05, 4.69) is 15.5 Å². The number of hydrogen-bond acceptors (Lipinski definition) is 5. The molecule has 2 rings (SSSR count). The highest BCUT2D eigenvalue weighted by molar-refractivity contribution is 6.30. The van der Waals surface area contributed by atoms with Gasteiger partial charge < -0.3 is 9.84 Å². The first-order valence-electron chi connectivity index (χ1n) is 5.92. The zero-order valence-corrected chi connectivity index (χ0v) is 11.7. The molecule has 0 amide bonds. The summed E-state index contributed by atoms with van der Waals surface area (Å²) in [6, 6.07) is 6.03. The molecule has 7 nitrogen and oxygen atoms in total. The van der Waals surface area contributed by atoms with E-state index in [0.717, 1.165) is 0 Å². The Bertz CT molecular complexity index is 616. The van der Waals surface area contributed by atoms with E-state index in [1.165, 1.54) is 11.6 Å². The van der Waals surface area contributed by atoms with Gasteiger partial charge in [-0.1, -0.05) is 17.7 Å². The van der Waals surface area contributed by atoms with Crippen molar-refractivity contribution in [2.45, 2.75) is 26.0 Å². The maximum absolute atomic E-state index is 11.0. The van der Waals surface area contributed by atoms with Crippen molar-refractivity contribution in [1.29, 1.82) is 0 Å². The zero-order chi connectivity index (χ0) is 14.7. The third-order valence-corrected chi connectivity index (χ3v) is 2.95.